The zero-order valence-corrected chi connectivity index (χ0v) is 8.65. The van der Waals surface area contributed by atoms with E-state index in [4.69, 9.17) is 0 Å². The molecular weight excluding hydrogens is 256 g/mol. The van der Waals surface area contributed by atoms with Gasteiger partial charge < -0.3 is 0 Å². The Kier molecular flexibility index (Phi) is 2.80. The molecule has 0 amide bonds. The minimum absolute atomic E-state index is 0.258. The first-order chi connectivity index (χ1) is 6.43. The monoisotopic (exact) mass is 260 g/mol. The van der Waals surface area contributed by atoms with Gasteiger partial charge in [-0.2, -0.15) is 0 Å². The summed E-state index contributed by atoms with van der Waals surface area (Å²) in [6.07, 6.45) is 0. The van der Waals surface area contributed by atoms with Crippen molar-refractivity contribution in [3.8, 4) is 0 Å². The van der Waals surface area contributed by atoms with E-state index in [1.165, 1.54) is 13.0 Å². The van der Waals surface area contributed by atoms with Gasteiger partial charge in [-0.15, -0.1) is 0 Å². The van der Waals surface area contributed by atoms with Gasteiger partial charge in [-0.05, 0) is 6.92 Å². The first-order valence-corrected chi connectivity index (χ1v) is 4.31. The Labute approximate surface area is 87.0 Å². The normalized spacial score (nSPS) is 9.86. The van der Waals surface area contributed by atoms with E-state index < -0.39 is 9.85 Å². The van der Waals surface area contributed by atoms with E-state index in [-0.39, 0.29) is 11.4 Å². The summed E-state index contributed by atoms with van der Waals surface area (Å²) in [6, 6.07) is 2.18. The van der Waals surface area contributed by atoms with Crippen LogP contribution in [0.5, 0.6) is 0 Å². The van der Waals surface area contributed by atoms with Crippen molar-refractivity contribution in [1.82, 2.24) is 0 Å². The summed E-state index contributed by atoms with van der Waals surface area (Å²) >= 11 is 3.02. The molecule has 1 aromatic carbocycles. The van der Waals surface area contributed by atoms with E-state index in [2.05, 4.69) is 15.9 Å². The largest absolute Gasteiger partial charge is 0.280 e. The first-order valence-electron chi connectivity index (χ1n) is 3.52. The molecule has 7 heteroatoms. The number of nitro benzene ring substituents is 2. The van der Waals surface area contributed by atoms with Gasteiger partial charge in [0.15, 0.2) is 0 Å². The summed E-state index contributed by atoms with van der Waals surface area (Å²) in [5, 5.41) is 20.9. The lowest BCUT2D eigenvalue weighted by Gasteiger charge is -1.99. The third-order valence-electron chi connectivity index (χ3n) is 1.71. The molecule has 0 saturated heterocycles. The van der Waals surface area contributed by atoms with Gasteiger partial charge in [-0.25, -0.2) is 0 Å². The lowest BCUT2D eigenvalue weighted by atomic mass is 10.2. The maximum absolute atomic E-state index is 10.5. The molecule has 74 valence electrons. The topological polar surface area (TPSA) is 86.3 Å². The SMILES string of the molecule is Cc1c(Br)cc([N+](=O)[O-])cc1[N+](=O)[O-]. The highest BCUT2D eigenvalue weighted by Gasteiger charge is 2.19. The fourth-order valence-electron chi connectivity index (χ4n) is 0.945. The molecule has 0 heterocycles. The van der Waals surface area contributed by atoms with Crippen molar-refractivity contribution >= 4 is 27.3 Å². The fourth-order valence-corrected chi connectivity index (χ4v) is 1.38. The second-order valence-electron chi connectivity index (χ2n) is 2.59. The van der Waals surface area contributed by atoms with Crippen LogP contribution in [0.15, 0.2) is 16.6 Å². The molecule has 0 atom stereocenters. The Balaban J connectivity index is 3.43. The molecule has 0 aliphatic heterocycles. The van der Waals surface area contributed by atoms with Gasteiger partial charge in [0.05, 0.1) is 15.9 Å². The molecule has 0 aliphatic rings. The van der Waals surface area contributed by atoms with Gasteiger partial charge in [-0.3, -0.25) is 20.2 Å². The lowest BCUT2D eigenvalue weighted by Crippen LogP contribution is -1.95. The molecule has 0 radical (unpaired) electrons. The van der Waals surface area contributed by atoms with Crippen molar-refractivity contribution in [3.05, 3.63) is 42.4 Å². The minimum atomic E-state index is -0.669. The summed E-state index contributed by atoms with van der Waals surface area (Å²) in [7, 11) is 0. The Morgan fingerprint density at radius 1 is 1.21 bits per heavy atom. The summed E-state index contributed by atoms with van der Waals surface area (Å²) in [5.41, 5.74) is -0.180. The van der Waals surface area contributed by atoms with E-state index in [0.717, 1.165) is 6.07 Å². The highest BCUT2D eigenvalue weighted by Crippen LogP contribution is 2.30. The third kappa shape index (κ3) is 1.87. The molecular formula is C7H5BrN2O4. The molecule has 0 N–H and O–H groups in total. The maximum Gasteiger partial charge on any atom is 0.280 e. The smallest absolute Gasteiger partial charge is 0.258 e. The van der Waals surface area contributed by atoms with Gasteiger partial charge in [-0.1, -0.05) is 15.9 Å². The molecule has 1 aromatic rings. The average molecular weight is 261 g/mol. The molecule has 0 aliphatic carbocycles. The molecule has 0 unspecified atom stereocenters. The van der Waals surface area contributed by atoms with E-state index in [1.54, 1.807) is 0 Å². The average Bonchev–Trinajstić information content (AvgIpc) is 2.08. The van der Waals surface area contributed by atoms with Crippen LogP contribution in [-0.2, 0) is 0 Å². The molecule has 14 heavy (non-hydrogen) atoms. The van der Waals surface area contributed by atoms with Crippen LogP contribution in [0.4, 0.5) is 11.4 Å². The van der Waals surface area contributed by atoms with Crippen LogP contribution in [0.2, 0.25) is 0 Å². The predicted molar refractivity (Wildman–Crippen MR) is 52.2 cm³/mol. The minimum Gasteiger partial charge on any atom is -0.258 e. The van der Waals surface area contributed by atoms with Crippen molar-refractivity contribution in [2.24, 2.45) is 0 Å². The predicted octanol–water partition coefficient (Wildman–Crippen LogP) is 2.57. The molecule has 1 rings (SSSR count). The number of hydrogen-bond donors (Lipinski definition) is 0. The van der Waals surface area contributed by atoms with Crippen molar-refractivity contribution < 1.29 is 9.85 Å². The highest BCUT2D eigenvalue weighted by atomic mass is 79.9. The number of halogens is 1. The zero-order chi connectivity index (χ0) is 10.9. The molecule has 0 spiro atoms. The number of benzene rings is 1. The molecule has 0 bridgehead atoms. The van der Waals surface area contributed by atoms with Crippen LogP contribution < -0.4 is 0 Å². The summed E-state index contributed by atoms with van der Waals surface area (Å²) in [4.78, 5) is 19.6. The standard InChI is InChI=1S/C7H5BrN2O4/c1-4-6(8)2-5(9(11)12)3-7(4)10(13)14/h2-3H,1H3. The third-order valence-corrected chi connectivity index (χ3v) is 2.53. The summed E-state index contributed by atoms with van der Waals surface area (Å²) in [6.45, 7) is 1.52. The Bertz CT molecular complexity index is 418. The fraction of sp³-hybridized carbons (Fsp3) is 0.143. The number of nitrogens with zero attached hydrogens (tertiary/aromatic N) is 2. The molecule has 0 aromatic heterocycles. The Hall–Kier alpha value is -1.50. The number of nitro groups is 2. The summed E-state index contributed by atoms with van der Waals surface area (Å²) < 4.78 is 0.360. The van der Waals surface area contributed by atoms with Gasteiger partial charge >= 0.3 is 0 Å². The number of non-ortho nitro benzene ring substituents is 1. The van der Waals surface area contributed by atoms with Crippen LogP contribution in [0.25, 0.3) is 0 Å². The van der Waals surface area contributed by atoms with Crippen molar-refractivity contribution in [2.75, 3.05) is 0 Å². The van der Waals surface area contributed by atoms with E-state index in [9.17, 15) is 20.2 Å². The van der Waals surface area contributed by atoms with Crippen LogP contribution in [0.3, 0.4) is 0 Å². The number of hydrogen-bond acceptors (Lipinski definition) is 4. The van der Waals surface area contributed by atoms with Crippen LogP contribution in [-0.4, -0.2) is 9.85 Å². The van der Waals surface area contributed by atoms with Gasteiger partial charge in [0, 0.05) is 16.1 Å². The Morgan fingerprint density at radius 3 is 2.21 bits per heavy atom. The summed E-state index contributed by atoms with van der Waals surface area (Å²) in [5.74, 6) is 0. The van der Waals surface area contributed by atoms with Crippen molar-refractivity contribution in [2.45, 2.75) is 6.92 Å². The van der Waals surface area contributed by atoms with E-state index in [1.807, 2.05) is 0 Å². The van der Waals surface area contributed by atoms with Crippen molar-refractivity contribution in [1.29, 1.82) is 0 Å². The van der Waals surface area contributed by atoms with Gasteiger partial charge in [0.25, 0.3) is 11.4 Å². The van der Waals surface area contributed by atoms with Gasteiger partial charge in [0.1, 0.15) is 0 Å². The quantitative estimate of drug-likeness (QED) is 0.604. The second-order valence-corrected chi connectivity index (χ2v) is 3.44. The van der Waals surface area contributed by atoms with Crippen LogP contribution >= 0.6 is 15.9 Å². The van der Waals surface area contributed by atoms with Gasteiger partial charge in [0.2, 0.25) is 0 Å². The first kappa shape index (κ1) is 10.6. The van der Waals surface area contributed by atoms with Crippen LogP contribution in [0.1, 0.15) is 5.56 Å². The molecule has 6 nitrogen and oxygen atoms in total. The second kappa shape index (κ2) is 3.70. The van der Waals surface area contributed by atoms with E-state index in [0.29, 0.717) is 10.0 Å². The van der Waals surface area contributed by atoms with Crippen LogP contribution in [0, 0.1) is 27.2 Å². The lowest BCUT2D eigenvalue weighted by molar-refractivity contribution is -0.394. The molecule has 0 saturated carbocycles. The molecule has 0 fully saturated rings. The van der Waals surface area contributed by atoms with Crippen molar-refractivity contribution in [3.63, 3.8) is 0 Å². The highest BCUT2D eigenvalue weighted by molar-refractivity contribution is 9.10. The van der Waals surface area contributed by atoms with E-state index >= 15 is 0 Å². The maximum atomic E-state index is 10.5. The zero-order valence-electron chi connectivity index (χ0n) is 7.06. The number of rotatable bonds is 2. The Morgan fingerprint density at radius 2 is 1.79 bits per heavy atom.